The molecule has 2 N–H and O–H groups in total. The molecule has 1 atom stereocenters. The van der Waals surface area contributed by atoms with Crippen molar-refractivity contribution in [3.8, 4) is 0 Å². The summed E-state index contributed by atoms with van der Waals surface area (Å²) in [6.45, 7) is 5.26. The van der Waals surface area contributed by atoms with Gasteiger partial charge < -0.3 is 5.73 Å². The third kappa shape index (κ3) is 6.56. The monoisotopic (exact) mass is 275 g/mol. The summed E-state index contributed by atoms with van der Waals surface area (Å²) in [5, 5.41) is 0. The SMILES string of the molecule is CCCCCCCCCCC(CN)c1ccccc1C. The van der Waals surface area contributed by atoms with E-state index in [0.29, 0.717) is 5.92 Å². The first-order chi connectivity index (χ1) is 9.79. The van der Waals surface area contributed by atoms with Crippen molar-refractivity contribution in [2.24, 2.45) is 5.73 Å². The lowest BCUT2D eigenvalue weighted by molar-refractivity contribution is 0.531. The largest absolute Gasteiger partial charge is 0.330 e. The molecule has 0 aromatic heterocycles. The quantitative estimate of drug-likeness (QED) is 0.525. The molecule has 1 nitrogen and oxygen atoms in total. The zero-order chi connectivity index (χ0) is 14.6. The zero-order valence-corrected chi connectivity index (χ0v) is 13.5. The Kier molecular flexibility index (Phi) is 9.40. The zero-order valence-electron chi connectivity index (χ0n) is 13.5. The second kappa shape index (κ2) is 10.9. The number of unbranched alkanes of at least 4 members (excludes halogenated alkanes) is 7. The van der Waals surface area contributed by atoms with E-state index in [-0.39, 0.29) is 0 Å². The van der Waals surface area contributed by atoms with Gasteiger partial charge in [0.25, 0.3) is 0 Å². The van der Waals surface area contributed by atoms with Crippen LogP contribution in [0, 0.1) is 6.92 Å². The summed E-state index contributed by atoms with van der Waals surface area (Å²) in [6, 6.07) is 8.70. The second-order valence-electron chi connectivity index (χ2n) is 6.05. The molecule has 0 aliphatic rings. The van der Waals surface area contributed by atoms with Crippen LogP contribution in [0.1, 0.15) is 81.8 Å². The van der Waals surface area contributed by atoms with Gasteiger partial charge in [0.2, 0.25) is 0 Å². The van der Waals surface area contributed by atoms with Crippen LogP contribution in [-0.4, -0.2) is 6.54 Å². The molecule has 1 rings (SSSR count). The molecule has 1 aromatic rings. The fraction of sp³-hybridized carbons (Fsp3) is 0.684. The fourth-order valence-corrected chi connectivity index (χ4v) is 2.97. The highest BCUT2D eigenvalue weighted by Crippen LogP contribution is 2.24. The van der Waals surface area contributed by atoms with Crippen molar-refractivity contribution in [1.29, 1.82) is 0 Å². The predicted molar refractivity (Wildman–Crippen MR) is 90.2 cm³/mol. The number of hydrogen-bond donors (Lipinski definition) is 1. The molecule has 20 heavy (non-hydrogen) atoms. The molecule has 0 heterocycles. The van der Waals surface area contributed by atoms with E-state index in [1.54, 1.807) is 0 Å². The second-order valence-corrected chi connectivity index (χ2v) is 6.05. The molecule has 0 spiro atoms. The maximum atomic E-state index is 5.97. The number of aryl methyl sites for hydroxylation is 1. The molecule has 0 aliphatic carbocycles. The van der Waals surface area contributed by atoms with Crippen molar-refractivity contribution in [2.45, 2.75) is 77.6 Å². The predicted octanol–water partition coefficient (Wildman–Crippen LogP) is 5.57. The van der Waals surface area contributed by atoms with Crippen LogP contribution in [-0.2, 0) is 0 Å². The van der Waals surface area contributed by atoms with Crippen molar-refractivity contribution in [1.82, 2.24) is 0 Å². The van der Waals surface area contributed by atoms with Gasteiger partial charge in [0.05, 0.1) is 0 Å². The summed E-state index contributed by atoms with van der Waals surface area (Å²) < 4.78 is 0. The number of rotatable bonds is 11. The molecule has 0 amide bonds. The molecule has 1 heteroatoms. The van der Waals surface area contributed by atoms with Gasteiger partial charge in [-0.3, -0.25) is 0 Å². The Morgan fingerprint density at radius 2 is 1.50 bits per heavy atom. The first kappa shape index (κ1) is 17.2. The average molecular weight is 275 g/mol. The molecular weight excluding hydrogens is 242 g/mol. The lowest BCUT2D eigenvalue weighted by Gasteiger charge is -2.17. The third-order valence-electron chi connectivity index (χ3n) is 4.32. The summed E-state index contributed by atoms with van der Waals surface area (Å²) in [5.41, 5.74) is 8.82. The van der Waals surface area contributed by atoms with Gasteiger partial charge in [0, 0.05) is 0 Å². The highest BCUT2D eigenvalue weighted by atomic mass is 14.5. The van der Waals surface area contributed by atoms with E-state index in [1.165, 1.54) is 68.9 Å². The molecule has 1 unspecified atom stereocenters. The van der Waals surface area contributed by atoms with Gasteiger partial charge in [-0.15, -0.1) is 0 Å². The maximum absolute atomic E-state index is 5.97. The maximum Gasteiger partial charge on any atom is -0.000814 e. The Morgan fingerprint density at radius 1 is 0.900 bits per heavy atom. The first-order valence-corrected chi connectivity index (χ1v) is 8.55. The van der Waals surface area contributed by atoms with Crippen LogP contribution >= 0.6 is 0 Å². The molecule has 0 radical (unpaired) electrons. The minimum absolute atomic E-state index is 0.552. The number of nitrogens with two attached hydrogens (primary N) is 1. The van der Waals surface area contributed by atoms with Gasteiger partial charge in [-0.2, -0.15) is 0 Å². The first-order valence-electron chi connectivity index (χ1n) is 8.55. The standard InChI is InChI=1S/C19H33N/c1-3-4-5-6-7-8-9-10-14-18(16-20)19-15-12-11-13-17(19)2/h11-13,15,18H,3-10,14,16,20H2,1-2H3. The van der Waals surface area contributed by atoms with Crippen LogP contribution in [0.3, 0.4) is 0 Å². The summed E-state index contributed by atoms with van der Waals surface area (Å²) in [6.07, 6.45) is 12.3. The summed E-state index contributed by atoms with van der Waals surface area (Å²) in [5.74, 6) is 0.552. The van der Waals surface area contributed by atoms with E-state index in [4.69, 9.17) is 5.73 Å². The van der Waals surface area contributed by atoms with Gasteiger partial charge in [0.15, 0.2) is 0 Å². The summed E-state index contributed by atoms with van der Waals surface area (Å²) in [7, 11) is 0. The van der Waals surface area contributed by atoms with Crippen molar-refractivity contribution < 1.29 is 0 Å². The Hall–Kier alpha value is -0.820. The molecule has 0 fully saturated rings. The van der Waals surface area contributed by atoms with Crippen molar-refractivity contribution in [2.75, 3.05) is 6.54 Å². The van der Waals surface area contributed by atoms with Gasteiger partial charge >= 0.3 is 0 Å². The van der Waals surface area contributed by atoms with Crippen LogP contribution in [0.15, 0.2) is 24.3 Å². The van der Waals surface area contributed by atoms with Crippen molar-refractivity contribution >= 4 is 0 Å². The molecule has 0 aliphatic heterocycles. The van der Waals surface area contributed by atoms with Crippen molar-refractivity contribution in [3.63, 3.8) is 0 Å². The van der Waals surface area contributed by atoms with E-state index in [9.17, 15) is 0 Å². The van der Waals surface area contributed by atoms with E-state index < -0.39 is 0 Å². The molecule has 0 bridgehead atoms. The Labute approximate surface area is 126 Å². The van der Waals surface area contributed by atoms with Crippen LogP contribution in [0.2, 0.25) is 0 Å². The van der Waals surface area contributed by atoms with Gasteiger partial charge in [-0.1, -0.05) is 82.6 Å². The van der Waals surface area contributed by atoms with E-state index in [0.717, 1.165) is 6.54 Å². The lowest BCUT2D eigenvalue weighted by Crippen LogP contribution is -2.13. The van der Waals surface area contributed by atoms with E-state index in [1.807, 2.05) is 0 Å². The van der Waals surface area contributed by atoms with E-state index in [2.05, 4.69) is 38.1 Å². The minimum Gasteiger partial charge on any atom is -0.330 e. The number of benzene rings is 1. The van der Waals surface area contributed by atoms with Gasteiger partial charge in [-0.25, -0.2) is 0 Å². The Bertz CT molecular complexity index is 345. The number of hydrogen-bond acceptors (Lipinski definition) is 1. The normalized spacial score (nSPS) is 12.6. The highest BCUT2D eigenvalue weighted by Gasteiger charge is 2.11. The molecule has 0 saturated heterocycles. The fourth-order valence-electron chi connectivity index (χ4n) is 2.97. The topological polar surface area (TPSA) is 26.0 Å². The van der Waals surface area contributed by atoms with Crippen LogP contribution < -0.4 is 5.73 Å². The highest BCUT2D eigenvalue weighted by molar-refractivity contribution is 5.29. The van der Waals surface area contributed by atoms with Gasteiger partial charge in [-0.05, 0) is 36.9 Å². The molecule has 0 saturated carbocycles. The third-order valence-corrected chi connectivity index (χ3v) is 4.32. The summed E-state index contributed by atoms with van der Waals surface area (Å²) >= 11 is 0. The minimum atomic E-state index is 0.552. The van der Waals surface area contributed by atoms with E-state index >= 15 is 0 Å². The van der Waals surface area contributed by atoms with Crippen LogP contribution in [0.4, 0.5) is 0 Å². The molecule has 1 aromatic carbocycles. The van der Waals surface area contributed by atoms with Gasteiger partial charge in [0.1, 0.15) is 0 Å². The molecular formula is C19H33N. The smallest absolute Gasteiger partial charge is 0.000814 e. The molecule has 114 valence electrons. The van der Waals surface area contributed by atoms with Crippen LogP contribution in [0.5, 0.6) is 0 Å². The Morgan fingerprint density at radius 3 is 2.10 bits per heavy atom. The Balaban J connectivity index is 2.18. The van der Waals surface area contributed by atoms with Crippen molar-refractivity contribution in [3.05, 3.63) is 35.4 Å². The van der Waals surface area contributed by atoms with Crippen LogP contribution in [0.25, 0.3) is 0 Å². The average Bonchev–Trinajstić information content (AvgIpc) is 2.47. The lowest BCUT2D eigenvalue weighted by atomic mass is 9.90. The summed E-state index contributed by atoms with van der Waals surface area (Å²) in [4.78, 5) is 0.